The summed E-state index contributed by atoms with van der Waals surface area (Å²) in [4.78, 5) is 19.7. The van der Waals surface area contributed by atoms with E-state index < -0.39 is 0 Å². The summed E-state index contributed by atoms with van der Waals surface area (Å²) in [6, 6.07) is 5.56. The first-order chi connectivity index (χ1) is 13.2. The van der Waals surface area contributed by atoms with Crippen molar-refractivity contribution < 1.29 is 18.8 Å². The lowest BCUT2D eigenvalue weighted by molar-refractivity contribution is 0.0774. The lowest BCUT2D eigenvalue weighted by Gasteiger charge is -2.34. The van der Waals surface area contributed by atoms with Gasteiger partial charge in [-0.3, -0.25) is 9.69 Å². The van der Waals surface area contributed by atoms with Crippen LogP contribution in [-0.2, 0) is 6.42 Å². The molecule has 144 valence electrons. The van der Waals surface area contributed by atoms with Gasteiger partial charge in [-0.2, -0.15) is 4.98 Å². The zero-order valence-electron chi connectivity index (χ0n) is 15.8. The Bertz CT molecular complexity index is 811. The first kappa shape index (κ1) is 18.0. The topological polar surface area (TPSA) is 77.7 Å². The Morgan fingerprint density at radius 3 is 2.67 bits per heavy atom. The molecule has 3 heterocycles. The first-order valence-electron chi connectivity index (χ1n) is 9.66. The number of piperidine rings is 1. The van der Waals surface area contributed by atoms with E-state index >= 15 is 0 Å². The summed E-state index contributed by atoms with van der Waals surface area (Å²) >= 11 is 0. The van der Waals surface area contributed by atoms with E-state index in [-0.39, 0.29) is 17.7 Å². The second-order valence-corrected chi connectivity index (χ2v) is 7.11. The van der Waals surface area contributed by atoms with Gasteiger partial charge >= 0.3 is 0 Å². The van der Waals surface area contributed by atoms with Crippen molar-refractivity contribution in [1.82, 2.24) is 15.0 Å². The monoisotopic (exact) mass is 371 g/mol. The molecule has 7 heteroatoms. The Morgan fingerprint density at radius 1 is 1.22 bits per heavy atom. The zero-order valence-corrected chi connectivity index (χ0v) is 15.8. The molecular weight excluding hydrogens is 346 g/mol. The van der Waals surface area contributed by atoms with Crippen LogP contribution in [0.4, 0.5) is 0 Å². The Labute approximate surface area is 158 Å². The number of rotatable bonds is 5. The van der Waals surface area contributed by atoms with E-state index in [1.165, 1.54) is 0 Å². The molecule has 27 heavy (non-hydrogen) atoms. The largest absolute Gasteiger partial charge is 0.486 e. The average molecular weight is 371 g/mol. The Hall–Kier alpha value is -2.41. The number of nitrogens with zero attached hydrogens (tertiary/aromatic N) is 3. The highest BCUT2D eigenvalue weighted by molar-refractivity contribution is 5.98. The van der Waals surface area contributed by atoms with Gasteiger partial charge in [0.2, 0.25) is 5.89 Å². The number of benzene rings is 1. The average Bonchev–Trinajstić information content (AvgIpc) is 3.22. The zero-order chi connectivity index (χ0) is 18.8. The van der Waals surface area contributed by atoms with Crippen molar-refractivity contribution in [3.63, 3.8) is 0 Å². The molecule has 2 aliphatic rings. The number of hydrogen-bond acceptors (Lipinski definition) is 7. The fourth-order valence-corrected chi connectivity index (χ4v) is 3.72. The molecule has 1 saturated heterocycles. The molecule has 0 aliphatic carbocycles. The van der Waals surface area contributed by atoms with Crippen molar-refractivity contribution in [1.29, 1.82) is 0 Å². The Morgan fingerprint density at radius 2 is 1.96 bits per heavy atom. The van der Waals surface area contributed by atoms with Gasteiger partial charge in [-0.05, 0) is 51.1 Å². The SMILES string of the molecule is CCc1noc(C(C)N2CCC(C(=O)c3ccc4c(c3)OCCO4)CC2)n1. The third kappa shape index (κ3) is 3.69. The molecule has 0 spiro atoms. The number of fused-ring (bicyclic) bond motifs is 1. The van der Waals surface area contributed by atoms with Gasteiger partial charge in [-0.1, -0.05) is 12.1 Å². The van der Waals surface area contributed by atoms with Crippen LogP contribution in [0.5, 0.6) is 11.5 Å². The lowest BCUT2D eigenvalue weighted by atomic mass is 9.88. The maximum Gasteiger partial charge on any atom is 0.243 e. The molecule has 7 nitrogen and oxygen atoms in total. The number of aryl methyl sites for hydroxylation is 1. The first-order valence-corrected chi connectivity index (χ1v) is 9.66. The van der Waals surface area contributed by atoms with E-state index in [1.807, 2.05) is 25.1 Å². The third-order valence-electron chi connectivity index (χ3n) is 5.43. The van der Waals surface area contributed by atoms with Crippen LogP contribution in [0.15, 0.2) is 22.7 Å². The number of carbonyl (C=O) groups excluding carboxylic acids is 1. The molecule has 1 aromatic carbocycles. The van der Waals surface area contributed by atoms with E-state index in [0.717, 1.165) is 38.2 Å². The number of carbonyl (C=O) groups is 1. The molecule has 2 aliphatic heterocycles. The molecule has 0 amide bonds. The maximum atomic E-state index is 12.9. The number of ether oxygens (including phenoxy) is 2. The molecule has 4 rings (SSSR count). The molecule has 1 fully saturated rings. The minimum absolute atomic E-state index is 0.0323. The normalized spacial score (nSPS) is 19.0. The van der Waals surface area contributed by atoms with Crippen LogP contribution in [0.3, 0.4) is 0 Å². The number of likely N-dealkylation sites (tertiary alicyclic amines) is 1. The number of Topliss-reactive ketones (excluding diaryl/α,β-unsaturated/α-hetero) is 1. The summed E-state index contributed by atoms with van der Waals surface area (Å²) < 4.78 is 16.5. The second-order valence-electron chi connectivity index (χ2n) is 7.11. The molecule has 0 radical (unpaired) electrons. The van der Waals surface area contributed by atoms with Gasteiger partial charge in [-0.25, -0.2) is 0 Å². The van der Waals surface area contributed by atoms with Gasteiger partial charge in [0.05, 0.1) is 6.04 Å². The predicted octanol–water partition coefficient (Wildman–Crippen LogP) is 3.06. The molecule has 1 atom stereocenters. The van der Waals surface area contributed by atoms with Gasteiger partial charge in [-0.15, -0.1) is 0 Å². The van der Waals surface area contributed by atoms with E-state index in [9.17, 15) is 4.79 Å². The fourth-order valence-electron chi connectivity index (χ4n) is 3.72. The van der Waals surface area contributed by atoms with Crippen molar-refractivity contribution in [2.45, 2.75) is 39.2 Å². The summed E-state index contributed by atoms with van der Waals surface area (Å²) in [5.74, 6) is 2.99. The molecule has 1 aromatic heterocycles. The summed E-state index contributed by atoms with van der Waals surface area (Å²) in [6.07, 6.45) is 2.42. The minimum Gasteiger partial charge on any atom is -0.486 e. The van der Waals surface area contributed by atoms with Gasteiger partial charge in [0.15, 0.2) is 23.1 Å². The van der Waals surface area contributed by atoms with Crippen molar-refractivity contribution in [2.75, 3.05) is 26.3 Å². The Kier molecular flexibility index (Phi) is 5.11. The quantitative estimate of drug-likeness (QED) is 0.748. The third-order valence-corrected chi connectivity index (χ3v) is 5.43. The highest BCUT2D eigenvalue weighted by Gasteiger charge is 2.30. The van der Waals surface area contributed by atoms with Crippen LogP contribution in [-0.4, -0.2) is 47.1 Å². The van der Waals surface area contributed by atoms with Crippen molar-refractivity contribution in [2.24, 2.45) is 5.92 Å². The van der Waals surface area contributed by atoms with Crippen molar-refractivity contribution in [3.05, 3.63) is 35.5 Å². The maximum absolute atomic E-state index is 12.9. The predicted molar refractivity (Wildman–Crippen MR) is 98.2 cm³/mol. The van der Waals surface area contributed by atoms with E-state index in [0.29, 0.717) is 36.2 Å². The highest BCUT2D eigenvalue weighted by atomic mass is 16.6. The van der Waals surface area contributed by atoms with Crippen molar-refractivity contribution >= 4 is 5.78 Å². The van der Waals surface area contributed by atoms with Gasteiger partial charge in [0.1, 0.15) is 13.2 Å². The number of aromatic nitrogens is 2. The smallest absolute Gasteiger partial charge is 0.243 e. The van der Waals surface area contributed by atoms with Gasteiger partial charge < -0.3 is 14.0 Å². The molecule has 0 N–H and O–H groups in total. The summed E-state index contributed by atoms with van der Waals surface area (Å²) in [6.45, 7) is 6.84. The second kappa shape index (κ2) is 7.68. The Balaban J connectivity index is 1.38. The van der Waals surface area contributed by atoms with E-state index in [2.05, 4.69) is 22.0 Å². The minimum atomic E-state index is 0.0323. The van der Waals surface area contributed by atoms with E-state index in [4.69, 9.17) is 14.0 Å². The number of ketones is 1. The van der Waals surface area contributed by atoms with Gasteiger partial charge in [0, 0.05) is 17.9 Å². The molecular formula is C20H25N3O4. The molecule has 1 unspecified atom stereocenters. The van der Waals surface area contributed by atoms with E-state index in [1.54, 1.807) is 0 Å². The van der Waals surface area contributed by atoms with Crippen LogP contribution < -0.4 is 9.47 Å². The van der Waals surface area contributed by atoms with Crippen LogP contribution >= 0.6 is 0 Å². The summed E-state index contributed by atoms with van der Waals surface area (Å²) in [5, 5.41) is 3.98. The molecule has 0 bridgehead atoms. The standard InChI is InChI=1S/C20H25N3O4/c1-3-18-21-20(27-22-18)13(2)23-8-6-14(7-9-23)19(24)15-4-5-16-17(12-15)26-11-10-25-16/h4-5,12-14H,3,6-11H2,1-2H3. The van der Waals surface area contributed by atoms with Crippen LogP contribution in [0, 0.1) is 5.92 Å². The molecule has 0 saturated carbocycles. The van der Waals surface area contributed by atoms with Crippen molar-refractivity contribution in [3.8, 4) is 11.5 Å². The number of hydrogen-bond donors (Lipinski definition) is 0. The van der Waals surface area contributed by atoms with Crippen LogP contribution in [0.2, 0.25) is 0 Å². The van der Waals surface area contributed by atoms with Crippen LogP contribution in [0.25, 0.3) is 0 Å². The van der Waals surface area contributed by atoms with Crippen LogP contribution in [0.1, 0.15) is 54.8 Å². The van der Waals surface area contributed by atoms with Gasteiger partial charge in [0.25, 0.3) is 0 Å². The highest BCUT2D eigenvalue weighted by Crippen LogP contribution is 2.33. The lowest BCUT2D eigenvalue weighted by Crippen LogP contribution is -2.38. The summed E-state index contributed by atoms with van der Waals surface area (Å²) in [5.41, 5.74) is 0.704. The molecule has 2 aromatic rings. The fraction of sp³-hybridized carbons (Fsp3) is 0.550. The summed E-state index contributed by atoms with van der Waals surface area (Å²) in [7, 11) is 0.